The molecule has 0 aliphatic heterocycles. The Kier molecular flexibility index (Phi) is 5.93. The molecule has 4 heteroatoms. The Hall–Kier alpha value is -0.280. The van der Waals surface area contributed by atoms with Crippen molar-refractivity contribution in [1.82, 2.24) is 4.90 Å². The van der Waals surface area contributed by atoms with Gasteiger partial charge in [0.2, 0.25) is 0 Å². The Labute approximate surface area is 120 Å². The summed E-state index contributed by atoms with van der Waals surface area (Å²) in [6.45, 7) is 9.98. The molecule has 0 unspecified atom stereocenters. The van der Waals surface area contributed by atoms with Crippen molar-refractivity contribution in [3.8, 4) is 0 Å². The highest BCUT2D eigenvalue weighted by molar-refractivity contribution is 6.34. The van der Waals surface area contributed by atoms with Gasteiger partial charge in [-0.2, -0.15) is 0 Å². The van der Waals surface area contributed by atoms with E-state index in [9.17, 15) is 0 Å². The molecule has 0 amide bonds. The fourth-order valence-corrected chi connectivity index (χ4v) is 2.48. The first-order valence-corrected chi connectivity index (χ1v) is 6.99. The second kappa shape index (κ2) is 6.76. The van der Waals surface area contributed by atoms with Crippen molar-refractivity contribution in [1.29, 1.82) is 0 Å². The number of nitrogens with zero attached hydrogens (tertiary/aromatic N) is 1. The molecule has 1 aromatic carbocycles. The molecule has 0 saturated carbocycles. The van der Waals surface area contributed by atoms with Crippen LogP contribution in [0.5, 0.6) is 0 Å². The molecule has 1 aromatic rings. The van der Waals surface area contributed by atoms with Crippen molar-refractivity contribution in [2.24, 2.45) is 11.1 Å². The van der Waals surface area contributed by atoms with Gasteiger partial charge in [0.25, 0.3) is 0 Å². The van der Waals surface area contributed by atoms with E-state index in [4.69, 9.17) is 28.9 Å². The summed E-state index contributed by atoms with van der Waals surface area (Å²) < 4.78 is 0. The fourth-order valence-electron chi connectivity index (χ4n) is 1.91. The number of hydrogen-bond acceptors (Lipinski definition) is 2. The Morgan fingerprint density at radius 1 is 1.17 bits per heavy atom. The van der Waals surface area contributed by atoms with Crippen molar-refractivity contribution in [2.75, 3.05) is 19.6 Å². The highest BCUT2D eigenvalue weighted by Gasteiger charge is 2.19. The summed E-state index contributed by atoms with van der Waals surface area (Å²) in [7, 11) is 0. The number of hydrogen-bond donors (Lipinski definition) is 1. The second-order valence-corrected chi connectivity index (χ2v) is 6.32. The number of benzene rings is 1. The molecule has 0 fully saturated rings. The molecule has 2 nitrogen and oxygen atoms in total. The maximum Gasteiger partial charge on any atom is 0.0424 e. The van der Waals surface area contributed by atoms with E-state index in [-0.39, 0.29) is 5.41 Å². The summed E-state index contributed by atoms with van der Waals surface area (Å²) in [5, 5.41) is 1.37. The van der Waals surface area contributed by atoms with E-state index >= 15 is 0 Å². The van der Waals surface area contributed by atoms with Crippen LogP contribution in [0.3, 0.4) is 0 Å². The second-order valence-electron chi connectivity index (χ2n) is 5.45. The maximum absolute atomic E-state index is 6.01. The lowest BCUT2D eigenvalue weighted by atomic mass is 9.93. The lowest BCUT2D eigenvalue weighted by Gasteiger charge is -2.31. The largest absolute Gasteiger partial charge is 0.330 e. The molecule has 0 heterocycles. The van der Waals surface area contributed by atoms with Crippen molar-refractivity contribution < 1.29 is 0 Å². The minimum Gasteiger partial charge on any atom is -0.330 e. The SMILES string of the molecule is CCN(Cc1cc(Cl)cc(Cl)c1)CC(C)(C)CN. The quantitative estimate of drug-likeness (QED) is 0.863. The molecule has 0 atom stereocenters. The van der Waals surface area contributed by atoms with Crippen molar-refractivity contribution in [3.05, 3.63) is 33.8 Å². The first-order chi connectivity index (χ1) is 8.36. The zero-order chi connectivity index (χ0) is 13.8. The number of halogens is 2. The van der Waals surface area contributed by atoms with E-state index in [0.29, 0.717) is 16.6 Å². The van der Waals surface area contributed by atoms with E-state index in [0.717, 1.165) is 25.2 Å². The van der Waals surface area contributed by atoms with Gasteiger partial charge in [-0.05, 0) is 42.3 Å². The molecular formula is C14H22Cl2N2. The van der Waals surface area contributed by atoms with Crippen LogP contribution < -0.4 is 5.73 Å². The average Bonchev–Trinajstić information content (AvgIpc) is 2.26. The number of nitrogens with two attached hydrogens (primary N) is 1. The van der Waals surface area contributed by atoms with Gasteiger partial charge >= 0.3 is 0 Å². The van der Waals surface area contributed by atoms with E-state index < -0.39 is 0 Å². The molecule has 2 N–H and O–H groups in total. The first-order valence-electron chi connectivity index (χ1n) is 6.23. The van der Waals surface area contributed by atoms with Gasteiger partial charge in [0, 0.05) is 23.1 Å². The van der Waals surface area contributed by atoms with E-state index in [1.54, 1.807) is 6.07 Å². The van der Waals surface area contributed by atoms with Crippen LogP contribution in [-0.4, -0.2) is 24.5 Å². The van der Waals surface area contributed by atoms with E-state index in [2.05, 4.69) is 25.7 Å². The van der Waals surface area contributed by atoms with E-state index in [1.807, 2.05) is 12.1 Å². The third kappa shape index (κ3) is 5.15. The van der Waals surface area contributed by atoms with Gasteiger partial charge in [-0.1, -0.05) is 44.0 Å². The van der Waals surface area contributed by atoms with Crippen molar-refractivity contribution in [2.45, 2.75) is 27.3 Å². The van der Waals surface area contributed by atoms with Gasteiger partial charge < -0.3 is 5.73 Å². The summed E-state index contributed by atoms with van der Waals surface area (Å²) >= 11 is 12.0. The van der Waals surface area contributed by atoms with Gasteiger partial charge in [-0.15, -0.1) is 0 Å². The first kappa shape index (κ1) is 15.8. The fraction of sp³-hybridized carbons (Fsp3) is 0.571. The predicted molar refractivity (Wildman–Crippen MR) is 80.2 cm³/mol. The number of rotatable bonds is 6. The molecular weight excluding hydrogens is 267 g/mol. The van der Waals surface area contributed by atoms with Crippen LogP contribution >= 0.6 is 23.2 Å². The molecule has 0 aliphatic rings. The smallest absolute Gasteiger partial charge is 0.0424 e. The van der Waals surface area contributed by atoms with Gasteiger partial charge in [-0.3, -0.25) is 4.90 Å². The highest BCUT2D eigenvalue weighted by Crippen LogP contribution is 2.22. The average molecular weight is 289 g/mol. The monoisotopic (exact) mass is 288 g/mol. The third-order valence-electron chi connectivity index (χ3n) is 2.98. The summed E-state index contributed by atoms with van der Waals surface area (Å²) in [6.07, 6.45) is 0. The van der Waals surface area contributed by atoms with Gasteiger partial charge in [0.05, 0.1) is 0 Å². The summed E-state index contributed by atoms with van der Waals surface area (Å²) in [6, 6.07) is 5.68. The molecule has 0 aromatic heterocycles. The molecule has 0 saturated heterocycles. The predicted octanol–water partition coefficient (Wildman–Crippen LogP) is 3.80. The lowest BCUT2D eigenvalue weighted by molar-refractivity contribution is 0.183. The van der Waals surface area contributed by atoms with Gasteiger partial charge in [-0.25, -0.2) is 0 Å². The molecule has 0 bridgehead atoms. The topological polar surface area (TPSA) is 29.3 Å². The zero-order valence-electron chi connectivity index (χ0n) is 11.3. The summed E-state index contributed by atoms with van der Waals surface area (Å²) in [5.74, 6) is 0. The Morgan fingerprint density at radius 2 is 1.72 bits per heavy atom. The zero-order valence-corrected chi connectivity index (χ0v) is 12.9. The van der Waals surface area contributed by atoms with Crippen LogP contribution in [0, 0.1) is 5.41 Å². The Morgan fingerprint density at radius 3 is 2.17 bits per heavy atom. The normalized spacial score (nSPS) is 12.2. The van der Waals surface area contributed by atoms with Crippen LogP contribution in [0.25, 0.3) is 0 Å². The van der Waals surface area contributed by atoms with Crippen LogP contribution in [0.4, 0.5) is 0 Å². The lowest BCUT2D eigenvalue weighted by Crippen LogP contribution is -2.38. The van der Waals surface area contributed by atoms with Crippen LogP contribution in [0.2, 0.25) is 10.0 Å². The molecule has 18 heavy (non-hydrogen) atoms. The highest BCUT2D eigenvalue weighted by atomic mass is 35.5. The molecule has 0 aliphatic carbocycles. The standard InChI is InChI=1S/C14H22Cl2N2/c1-4-18(10-14(2,3)9-17)8-11-5-12(15)7-13(16)6-11/h5-7H,4,8-10,17H2,1-3H3. The van der Waals surface area contributed by atoms with Crippen LogP contribution in [0.1, 0.15) is 26.3 Å². The molecule has 0 radical (unpaired) electrons. The Balaban J connectivity index is 2.73. The molecule has 1 rings (SSSR count). The van der Waals surface area contributed by atoms with Crippen molar-refractivity contribution in [3.63, 3.8) is 0 Å². The summed E-state index contributed by atoms with van der Waals surface area (Å²) in [4.78, 5) is 2.36. The molecule has 102 valence electrons. The van der Waals surface area contributed by atoms with Crippen LogP contribution in [0.15, 0.2) is 18.2 Å². The van der Waals surface area contributed by atoms with E-state index in [1.165, 1.54) is 0 Å². The van der Waals surface area contributed by atoms with Gasteiger partial charge in [0.1, 0.15) is 0 Å². The van der Waals surface area contributed by atoms with Crippen LogP contribution in [-0.2, 0) is 6.54 Å². The molecule has 0 spiro atoms. The third-order valence-corrected chi connectivity index (χ3v) is 3.42. The van der Waals surface area contributed by atoms with Crippen molar-refractivity contribution >= 4 is 23.2 Å². The van der Waals surface area contributed by atoms with Gasteiger partial charge in [0.15, 0.2) is 0 Å². The minimum atomic E-state index is 0.123. The minimum absolute atomic E-state index is 0.123. The maximum atomic E-state index is 6.01. The summed E-state index contributed by atoms with van der Waals surface area (Å²) in [5.41, 5.74) is 7.05. The Bertz CT molecular complexity index is 371.